The van der Waals surface area contributed by atoms with E-state index in [-0.39, 0.29) is 23.1 Å². The van der Waals surface area contributed by atoms with Crippen LogP contribution in [-0.2, 0) is 4.79 Å². The van der Waals surface area contributed by atoms with E-state index in [1.807, 2.05) is 18.7 Å². The zero-order valence-electron chi connectivity index (χ0n) is 11.0. The van der Waals surface area contributed by atoms with Gasteiger partial charge in [0.25, 0.3) is 0 Å². The number of carbonyl (C=O) groups excluding carboxylic acids is 1. The number of nitrogens with one attached hydrogen (secondary N) is 2. The fraction of sp³-hybridized carbons (Fsp3) is 0.833. The van der Waals surface area contributed by atoms with E-state index in [4.69, 9.17) is 5.11 Å². The largest absolute Gasteiger partial charge is 0.481 e. The van der Waals surface area contributed by atoms with Crippen LogP contribution in [0.4, 0.5) is 4.79 Å². The molecule has 0 aliphatic heterocycles. The third-order valence-electron chi connectivity index (χ3n) is 3.40. The van der Waals surface area contributed by atoms with Crippen LogP contribution in [0.5, 0.6) is 0 Å². The topological polar surface area (TPSA) is 78.4 Å². The van der Waals surface area contributed by atoms with Crippen molar-refractivity contribution in [3.63, 3.8) is 0 Å². The van der Waals surface area contributed by atoms with Gasteiger partial charge in [0, 0.05) is 24.3 Å². The molecule has 6 heteroatoms. The number of urea groups is 1. The van der Waals surface area contributed by atoms with Gasteiger partial charge in [0.2, 0.25) is 0 Å². The number of hydrogen-bond acceptors (Lipinski definition) is 3. The van der Waals surface area contributed by atoms with Gasteiger partial charge in [-0.1, -0.05) is 13.3 Å². The van der Waals surface area contributed by atoms with Crippen molar-refractivity contribution in [3.05, 3.63) is 0 Å². The van der Waals surface area contributed by atoms with Crippen molar-refractivity contribution in [2.75, 3.05) is 19.3 Å². The Morgan fingerprint density at radius 1 is 1.39 bits per heavy atom. The second-order valence-electron chi connectivity index (χ2n) is 5.01. The minimum absolute atomic E-state index is 0.0496. The minimum atomic E-state index is -0.833. The van der Waals surface area contributed by atoms with Crippen LogP contribution in [0.25, 0.3) is 0 Å². The van der Waals surface area contributed by atoms with Crippen molar-refractivity contribution in [3.8, 4) is 0 Å². The maximum atomic E-state index is 11.6. The van der Waals surface area contributed by atoms with E-state index in [0.29, 0.717) is 13.1 Å². The van der Waals surface area contributed by atoms with Gasteiger partial charge in [0.05, 0.1) is 0 Å². The molecule has 5 nitrogen and oxygen atoms in total. The summed E-state index contributed by atoms with van der Waals surface area (Å²) in [4.78, 5) is 22.0. The summed E-state index contributed by atoms with van der Waals surface area (Å²) in [5, 5.41) is 14.2. The lowest BCUT2D eigenvalue weighted by Gasteiger charge is -2.40. The number of amides is 2. The third kappa shape index (κ3) is 4.76. The number of aliphatic carboxylic acids is 1. The molecule has 3 N–H and O–H groups in total. The van der Waals surface area contributed by atoms with Gasteiger partial charge in [-0.2, -0.15) is 11.8 Å². The average molecular weight is 274 g/mol. The number of hydrogen-bond donors (Lipinski definition) is 3. The van der Waals surface area contributed by atoms with Crippen LogP contribution in [0.2, 0.25) is 0 Å². The number of rotatable bonds is 7. The molecule has 1 atom stereocenters. The van der Waals surface area contributed by atoms with Crippen molar-refractivity contribution in [2.24, 2.45) is 5.92 Å². The molecule has 0 aromatic heterocycles. The molecule has 0 bridgehead atoms. The van der Waals surface area contributed by atoms with Gasteiger partial charge < -0.3 is 15.7 Å². The zero-order valence-corrected chi connectivity index (χ0v) is 11.8. The summed E-state index contributed by atoms with van der Waals surface area (Å²) in [5.41, 5.74) is 0. The van der Waals surface area contributed by atoms with E-state index >= 15 is 0 Å². The lowest BCUT2D eigenvalue weighted by molar-refractivity contribution is -0.137. The van der Waals surface area contributed by atoms with Crippen molar-refractivity contribution in [1.29, 1.82) is 0 Å². The van der Waals surface area contributed by atoms with E-state index in [1.54, 1.807) is 0 Å². The van der Waals surface area contributed by atoms with Gasteiger partial charge in [-0.15, -0.1) is 0 Å². The lowest BCUT2D eigenvalue weighted by Crippen LogP contribution is -2.48. The van der Waals surface area contributed by atoms with Gasteiger partial charge in [-0.3, -0.25) is 4.79 Å². The predicted molar refractivity (Wildman–Crippen MR) is 72.9 cm³/mol. The molecular weight excluding hydrogens is 252 g/mol. The Kier molecular flexibility index (Phi) is 5.78. The van der Waals surface area contributed by atoms with E-state index < -0.39 is 5.97 Å². The van der Waals surface area contributed by atoms with E-state index in [1.165, 1.54) is 6.42 Å². The molecule has 0 radical (unpaired) electrons. The highest BCUT2D eigenvalue weighted by Crippen LogP contribution is 2.42. The maximum absolute atomic E-state index is 11.6. The average Bonchev–Trinajstić information content (AvgIpc) is 2.24. The first-order valence-electron chi connectivity index (χ1n) is 6.26. The van der Waals surface area contributed by atoms with Gasteiger partial charge >= 0.3 is 12.0 Å². The molecule has 1 rings (SSSR count). The van der Waals surface area contributed by atoms with Crippen molar-refractivity contribution >= 4 is 23.8 Å². The summed E-state index contributed by atoms with van der Waals surface area (Å²) in [6.45, 7) is 2.89. The zero-order chi connectivity index (χ0) is 13.6. The predicted octanol–water partition coefficient (Wildman–Crippen LogP) is 1.68. The summed E-state index contributed by atoms with van der Waals surface area (Å²) in [6.07, 6.45) is 5.70. The maximum Gasteiger partial charge on any atom is 0.314 e. The fourth-order valence-electron chi connectivity index (χ4n) is 1.97. The SMILES string of the molecule is CSC1(CNC(=O)NCC(C)CC(=O)O)CCC1. The normalized spacial score (nSPS) is 18.6. The van der Waals surface area contributed by atoms with Gasteiger partial charge in [0.1, 0.15) is 0 Å². The highest BCUT2D eigenvalue weighted by atomic mass is 32.2. The Hall–Kier alpha value is -0.910. The first kappa shape index (κ1) is 15.1. The Balaban J connectivity index is 2.15. The Morgan fingerprint density at radius 3 is 2.50 bits per heavy atom. The lowest BCUT2D eigenvalue weighted by atomic mass is 9.84. The standard InChI is InChI=1S/C12H22N2O3S/c1-9(6-10(15)16)7-13-11(17)14-8-12(18-2)4-3-5-12/h9H,3-8H2,1-2H3,(H,15,16)(H2,13,14,17). The first-order chi connectivity index (χ1) is 8.47. The van der Waals surface area contributed by atoms with Gasteiger partial charge in [-0.05, 0) is 25.0 Å². The molecule has 0 aromatic carbocycles. The van der Waals surface area contributed by atoms with E-state index in [0.717, 1.165) is 12.8 Å². The molecule has 0 spiro atoms. The van der Waals surface area contributed by atoms with Crippen molar-refractivity contribution in [2.45, 2.75) is 37.4 Å². The summed E-state index contributed by atoms with van der Waals surface area (Å²) in [6, 6.07) is -0.201. The molecule has 2 amide bonds. The van der Waals surface area contributed by atoms with Crippen LogP contribution < -0.4 is 10.6 Å². The van der Waals surface area contributed by atoms with Crippen molar-refractivity contribution in [1.82, 2.24) is 10.6 Å². The van der Waals surface area contributed by atoms with E-state index in [2.05, 4.69) is 16.9 Å². The highest BCUT2D eigenvalue weighted by molar-refractivity contribution is 8.00. The summed E-state index contributed by atoms with van der Waals surface area (Å²) in [7, 11) is 0. The Labute approximate surface area is 112 Å². The quantitative estimate of drug-likeness (QED) is 0.660. The van der Waals surface area contributed by atoms with Crippen LogP contribution in [-0.4, -0.2) is 41.2 Å². The minimum Gasteiger partial charge on any atom is -0.481 e. The first-order valence-corrected chi connectivity index (χ1v) is 7.48. The summed E-state index contributed by atoms with van der Waals surface area (Å²) < 4.78 is 0.226. The number of carbonyl (C=O) groups is 2. The van der Waals surface area contributed by atoms with Crippen molar-refractivity contribution < 1.29 is 14.7 Å². The molecule has 1 unspecified atom stereocenters. The van der Waals surface area contributed by atoms with E-state index in [9.17, 15) is 9.59 Å². The molecule has 0 aromatic rings. The Morgan fingerprint density at radius 2 is 2.06 bits per heavy atom. The molecule has 0 saturated heterocycles. The molecule has 1 saturated carbocycles. The number of carboxylic acid groups (broad SMARTS) is 1. The molecule has 104 valence electrons. The molecule has 0 heterocycles. The van der Waals surface area contributed by atoms with Gasteiger partial charge in [0.15, 0.2) is 0 Å². The summed E-state index contributed by atoms with van der Waals surface area (Å²) >= 11 is 1.81. The fourth-order valence-corrected chi connectivity index (χ4v) is 2.88. The van der Waals surface area contributed by atoms with Crippen LogP contribution in [0, 0.1) is 5.92 Å². The van der Waals surface area contributed by atoms with Gasteiger partial charge in [-0.25, -0.2) is 4.79 Å². The summed E-state index contributed by atoms with van der Waals surface area (Å²) in [5.74, 6) is -0.882. The second-order valence-corrected chi connectivity index (χ2v) is 6.28. The van der Waals surface area contributed by atoms with Crippen LogP contribution in [0.1, 0.15) is 32.6 Å². The number of carboxylic acids is 1. The number of thioether (sulfide) groups is 1. The third-order valence-corrected chi connectivity index (χ3v) is 4.82. The van der Waals surface area contributed by atoms with Crippen LogP contribution in [0.15, 0.2) is 0 Å². The monoisotopic (exact) mass is 274 g/mol. The molecular formula is C12H22N2O3S. The molecule has 1 aliphatic carbocycles. The molecule has 18 heavy (non-hydrogen) atoms. The molecule has 1 fully saturated rings. The van der Waals surface area contributed by atoms with Crippen LogP contribution >= 0.6 is 11.8 Å². The highest BCUT2D eigenvalue weighted by Gasteiger charge is 2.36. The Bertz CT molecular complexity index is 300. The van der Waals surface area contributed by atoms with Crippen LogP contribution in [0.3, 0.4) is 0 Å². The smallest absolute Gasteiger partial charge is 0.314 e. The molecule has 1 aliphatic rings. The second kappa shape index (κ2) is 6.87.